The van der Waals surface area contributed by atoms with Crippen molar-refractivity contribution in [2.75, 3.05) is 13.2 Å². The van der Waals surface area contributed by atoms with Crippen LogP contribution in [0, 0.1) is 5.92 Å². The van der Waals surface area contributed by atoms with E-state index in [4.69, 9.17) is 4.74 Å². The maximum Gasteiger partial charge on any atom is 0.223 e. The van der Waals surface area contributed by atoms with Crippen molar-refractivity contribution in [3.63, 3.8) is 0 Å². The first-order chi connectivity index (χ1) is 9.84. The number of para-hydroxylation sites is 1. The Kier molecular flexibility index (Phi) is 3.81. The molecule has 4 heteroatoms. The Morgan fingerprint density at radius 3 is 2.95 bits per heavy atom. The van der Waals surface area contributed by atoms with Crippen molar-refractivity contribution < 1.29 is 9.53 Å². The lowest BCUT2D eigenvalue weighted by molar-refractivity contribution is -0.127. The molecule has 0 radical (unpaired) electrons. The molecule has 3 rings (SSSR count). The van der Waals surface area contributed by atoms with Gasteiger partial charge in [-0.05, 0) is 25.0 Å². The molecule has 1 N–H and O–H groups in total. The quantitative estimate of drug-likeness (QED) is 0.849. The molecule has 0 saturated heterocycles. The average Bonchev–Trinajstić information content (AvgIpc) is 2.42. The van der Waals surface area contributed by atoms with E-state index in [1.165, 1.54) is 6.42 Å². The largest absolute Gasteiger partial charge is 0.489 e. The minimum atomic E-state index is 0.163. The fourth-order valence-corrected chi connectivity index (χ4v) is 2.34. The Balaban J connectivity index is 1.53. The van der Waals surface area contributed by atoms with E-state index < -0.39 is 0 Å². The molecule has 1 aromatic carbocycles. The van der Waals surface area contributed by atoms with Gasteiger partial charge < -0.3 is 10.1 Å². The van der Waals surface area contributed by atoms with Crippen molar-refractivity contribution in [3.05, 3.63) is 36.5 Å². The second kappa shape index (κ2) is 5.90. The van der Waals surface area contributed by atoms with Crippen LogP contribution in [0.1, 0.15) is 19.3 Å². The molecule has 1 amide bonds. The molecule has 1 fully saturated rings. The van der Waals surface area contributed by atoms with Gasteiger partial charge in [0.2, 0.25) is 5.91 Å². The van der Waals surface area contributed by atoms with Gasteiger partial charge in [0.1, 0.15) is 17.9 Å². The normalized spacial score (nSPS) is 14.8. The maximum atomic E-state index is 11.7. The number of amides is 1. The number of benzene rings is 1. The van der Waals surface area contributed by atoms with E-state index in [-0.39, 0.29) is 11.8 Å². The molecule has 1 saturated carbocycles. The molecule has 0 unspecified atom stereocenters. The SMILES string of the molecule is O=C(NCCOc1cccc2cccnc12)C1CCC1. The summed E-state index contributed by atoms with van der Waals surface area (Å²) in [5, 5.41) is 3.98. The highest BCUT2D eigenvalue weighted by Gasteiger charge is 2.24. The highest BCUT2D eigenvalue weighted by Crippen LogP contribution is 2.26. The number of fused-ring (bicyclic) bond motifs is 1. The van der Waals surface area contributed by atoms with Crippen LogP contribution in [0.2, 0.25) is 0 Å². The molecule has 2 aromatic rings. The maximum absolute atomic E-state index is 11.7. The van der Waals surface area contributed by atoms with Crippen LogP contribution in [0.25, 0.3) is 10.9 Å². The van der Waals surface area contributed by atoms with Crippen molar-refractivity contribution in [2.24, 2.45) is 5.92 Å². The van der Waals surface area contributed by atoms with E-state index in [9.17, 15) is 4.79 Å². The standard InChI is InChI=1S/C16H18N2O2/c19-16(13-5-1-6-13)18-10-11-20-14-8-2-4-12-7-3-9-17-15(12)14/h2-4,7-9,13H,1,5-6,10-11H2,(H,18,19). The van der Waals surface area contributed by atoms with Crippen molar-refractivity contribution >= 4 is 16.8 Å². The number of hydrogen-bond acceptors (Lipinski definition) is 3. The van der Waals surface area contributed by atoms with Crippen LogP contribution in [0.4, 0.5) is 0 Å². The number of nitrogens with zero attached hydrogens (tertiary/aromatic N) is 1. The van der Waals surface area contributed by atoms with Crippen molar-refractivity contribution in [2.45, 2.75) is 19.3 Å². The van der Waals surface area contributed by atoms with Crippen molar-refractivity contribution in [3.8, 4) is 5.75 Å². The first-order valence-electron chi connectivity index (χ1n) is 7.09. The third kappa shape index (κ3) is 2.74. The molecule has 0 aliphatic heterocycles. The third-order valence-corrected chi connectivity index (χ3v) is 3.73. The summed E-state index contributed by atoms with van der Waals surface area (Å²) in [7, 11) is 0. The van der Waals surface area contributed by atoms with Gasteiger partial charge in [-0.2, -0.15) is 0 Å². The highest BCUT2D eigenvalue weighted by molar-refractivity contribution is 5.84. The minimum Gasteiger partial charge on any atom is -0.489 e. The Labute approximate surface area is 118 Å². The Morgan fingerprint density at radius 2 is 2.15 bits per heavy atom. The van der Waals surface area contributed by atoms with Gasteiger partial charge in [-0.15, -0.1) is 0 Å². The first kappa shape index (κ1) is 12.9. The molecule has 1 aliphatic rings. The lowest BCUT2D eigenvalue weighted by Crippen LogP contribution is -2.36. The molecule has 4 nitrogen and oxygen atoms in total. The predicted octanol–water partition coefficient (Wildman–Crippen LogP) is 2.53. The summed E-state index contributed by atoms with van der Waals surface area (Å²) in [5.41, 5.74) is 0.861. The Bertz CT molecular complexity index is 603. The zero-order valence-corrected chi connectivity index (χ0v) is 11.3. The lowest BCUT2D eigenvalue weighted by Gasteiger charge is -2.24. The molecule has 104 valence electrons. The van der Waals surface area contributed by atoms with E-state index in [2.05, 4.69) is 10.3 Å². The summed E-state index contributed by atoms with van der Waals surface area (Å²) in [6.07, 6.45) is 4.99. The van der Waals surface area contributed by atoms with Gasteiger partial charge in [0.15, 0.2) is 0 Å². The number of aromatic nitrogens is 1. The lowest BCUT2D eigenvalue weighted by atomic mass is 9.85. The fourth-order valence-electron chi connectivity index (χ4n) is 2.34. The van der Waals surface area contributed by atoms with Gasteiger partial charge in [0.25, 0.3) is 0 Å². The predicted molar refractivity (Wildman–Crippen MR) is 77.6 cm³/mol. The molecular formula is C16H18N2O2. The van der Waals surface area contributed by atoms with Crippen LogP contribution in [-0.4, -0.2) is 24.0 Å². The van der Waals surface area contributed by atoms with Crippen LogP contribution in [0.15, 0.2) is 36.5 Å². The third-order valence-electron chi connectivity index (χ3n) is 3.73. The number of ether oxygens (including phenoxy) is 1. The van der Waals surface area contributed by atoms with Crippen LogP contribution in [-0.2, 0) is 4.79 Å². The summed E-state index contributed by atoms with van der Waals surface area (Å²) >= 11 is 0. The van der Waals surface area contributed by atoms with E-state index in [1.54, 1.807) is 6.20 Å². The van der Waals surface area contributed by atoms with Crippen LogP contribution in [0.3, 0.4) is 0 Å². The number of hydrogen-bond donors (Lipinski definition) is 1. The number of pyridine rings is 1. The minimum absolute atomic E-state index is 0.163. The monoisotopic (exact) mass is 270 g/mol. The van der Waals surface area contributed by atoms with E-state index in [1.807, 2.05) is 30.3 Å². The second-order valence-corrected chi connectivity index (χ2v) is 5.10. The topological polar surface area (TPSA) is 51.2 Å². The molecule has 1 aromatic heterocycles. The van der Waals surface area contributed by atoms with Gasteiger partial charge in [0.05, 0.1) is 6.54 Å². The molecule has 0 atom stereocenters. The van der Waals surface area contributed by atoms with Crippen LogP contribution >= 0.6 is 0 Å². The number of rotatable bonds is 5. The number of carbonyl (C=O) groups is 1. The summed E-state index contributed by atoms with van der Waals surface area (Å²) in [6.45, 7) is 1.01. The molecule has 0 bridgehead atoms. The van der Waals surface area contributed by atoms with E-state index in [0.29, 0.717) is 13.2 Å². The smallest absolute Gasteiger partial charge is 0.223 e. The summed E-state index contributed by atoms with van der Waals surface area (Å²) < 4.78 is 5.72. The molecule has 20 heavy (non-hydrogen) atoms. The Morgan fingerprint density at radius 1 is 1.30 bits per heavy atom. The Hall–Kier alpha value is -2.10. The van der Waals surface area contributed by atoms with Gasteiger partial charge in [-0.25, -0.2) is 0 Å². The van der Waals surface area contributed by atoms with E-state index in [0.717, 1.165) is 29.5 Å². The summed E-state index contributed by atoms with van der Waals surface area (Å²) in [6, 6.07) is 9.78. The summed E-state index contributed by atoms with van der Waals surface area (Å²) in [5.74, 6) is 1.16. The fraction of sp³-hybridized carbons (Fsp3) is 0.375. The van der Waals surface area contributed by atoms with Crippen molar-refractivity contribution in [1.29, 1.82) is 0 Å². The van der Waals surface area contributed by atoms with Gasteiger partial charge in [-0.3, -0.25) is 9.78 Å². The summed E-state index contributed by atoms with van der Waals surface area (Å²) in [4.78, 5) is 16.0. The van der Waals surface area contributed by atoms with Crippen LogP contribution in [0.5, 0.6) is 5.75 Å². The van der Waals surface area contributed by atoms with Gasteiger partial charge in [-0.1, -0.05) is 24.6 Å². The first-order valence-corrected chi connectivity index (χ1v) is 7.09. The van der Waals surface area contributed by atoms with Crippen molar-refractivity contribution in [1.82, 2.24) is 10.3 Å². The molecular weight excluding hydrogens is 252 g/mol. The second-order valence-electron chi connectivity index (χ2n) is 5.10. The number of nitrogens with one attached hydrogen (secondary N) is 1. The molecule has 0 spiro atoms. The zero-order chi connectivity index (χ0) is 13.8. The highest BCUT2D eigenvalue weighted by atomic mass is 16.5. The van der Waals surface area contributed by atoms with Gasteiger partial charge in [0, 0.05) is 17.5 Å². The number of carbonyl (C=O) groups excluding carboxylic acids is 1. The van der Waals surface area contributed by atoms with E-state index >= 15 is 0 Å². The molecule has 1 heterocycles. The average molecular weight is 270 g/mol. The van der Waals surface area contributed by atoms with Gasteiger partial charge >= 0.3 is 0 Å². The van der Waals surface area contributed by atoms with Crippen LogP contribution < -0.4 is 10.1 Å². The molecule has 1 aliphatic carbocycles. The zero-order valence-electron chi connectivity index (χ0n) is 11.3.